The number of benzene rings is 2. The number of carbonyl (C=O) groups is 2. The van der Waals surface area contributed by atoms with Crippen LogP contribution in [0.15, 0.2) is 53.1 Å². The van der Waals surface area contributed by atoms with E-state index >= 15 is 0 Å². The molecule has 0 unspecified atom stereocenters. The summed E-state index contributed by atoms with van der Waals surface area (Å²) in [5, 5.41) is 6.52. The molecule has 0 atom stereocenters. The molecular weight excluding hydrogens is 390 g/mol. The Morgan fingerprint density at radius 1 is 1.07 bits per heavy atom. The van der Waals surface area contributed by atoms with Crippen molar-refractivity contribution in [3.8, 4) is 22.9 Å². The van der Waals surface area contributed by atoms with Gasteiger partial charge in [-0.25, -0.2) is 0 Å². The lowest BCUT2D eigenvalue weighted by Gasteiger charge is -2.11. The Kier molecular flexibility index (Phi) is 6.99. The number of methoxy groups -OCH3 is 2. The Balaban J connectivity index is 1.45. The minimum absolute atomic E-state index is 0.00948. The molecule has 3 aromatic rings. The largest absolute Gasteiger partial charge is 0.497 e. The van der Waals surface area contributed by atoms with Gasteiger partial charge in [-0.3, -0.25) is 9.59 Å². The van der Waals surface area contributed by atoms with Gasteiger partial charge in [0.25, 0.3) is 5.91 Å². The van der Waals surface area contributed by atoms with E-state index in [0.29, 0.717) is 28.9 Å². The van der Waals surface area contributed by atoms with Crippen molar-refractivity contribution >= 4 is 17.6 Å². The quantitative estimate of drug-likeness (QED) is 0.535. The third-order valence-electron chi connectivity index (χ3n) is 4.09. The lowest BCUT2D eigenvalue weighted by Crippen LogP contribution is -2.21. The fraction of sp³-hybridized carbons (Fsp3) is 0.238. The van der Waals surface area contributed by atoms with Crippen molar-refractivity contribution in [2.24, 2.45) is 0 Å². The lowest BCUT2D eigenvalue weighted by molar-refractivity contribution is -0.147. The van der Waals surface area contributed by atoms with Crippen LogP contribution in [0, 0.1) is 0 Å². The molecular formula is C21H21N3O6. The number of hydrogen-bond donors (Lipinski definition) is 1. The molecule has 9 heteroatoms. The highest BCUT2D eigenvalue weighted by Gasteiger charge is 2.14. The molecule has 0 saturated carbocycles. The van der Waals surface area contributed by atoms with Gasteiger partial charge in [0.2, 0.25) is 11.7 Å². The van der Waals surface area contributed by atoms with E-state index in [1.54, 1.807) is 18.2 Å². The molecule has 1 N–H and O–H groups in total. The van der Waals surface area contributed by atoms with Crippen LogP contribution in [0.2, 0.25) is 0 Å². The zero-order valence-corrected chi connectivity index (χ0v) is 16.6. The van der Waals surface area contributed by atoms with E-state index in [9.17, 15) is 9.59 Å². The number of esters is 1. The molecule has 1 heterocycles. The Labute approximate surface area is 172 Å². The molecule has 0 spiro atoms. The second-order valence-corrected chi connectivity index (χ2v) is 6.15. The van der Waals surface area contributed by atoms with Crippen LogP contribution < -0.4 is 14.8 Å². The van der Waals surface area contributed by atoms with Gasteiger partial charge < -0.3 is 24.1 Å². The monoisotopic (exact) mass is 411 g/mol. The van der Waals surface area contributed by atoms with E-state index in [1.807, 2.05) is 30.3 Å². The molecule has 0 aliphatic rings. The summed E-state index contributed by atoms with van der Waals surface area (Å²) in [5.41, 5.74) is 1.26. The average molecular weight is 411 g/mol. The molecule has 0 bridgehead atoms. The number of nitrogens with one attached hydrogen (secondary N) is 1. The van der Waals surface area contributed by atoms with E-state index in [4.69, 9.17) is 18.7 Å². The van der Waals surface area contributed by atoms with Crippen LogP contribution in [-0.4, -0.2) is 42.8 Å². The summed E-state index contributed by atoms with van der Waals surface area (Å²) in [4.78, 5) is 28.2. The number of aromatic nitrogens is 2. The van der Waals surface area contributed by atoms with Crippen LogP contribution in [0.1, 0.15) is 12.3 Å². The van der Waals surface area contributed by atoms with Gasteiger partial charge in [-0.05, 0) is 12.1 Å². The van der Waals surface area contributed by atoms with Crippen molar-refractivity contribution in [3.63, 3.8) is 0 Å². The Morgan fingerprint density at radius 2 is 1.87 bits per heavy atom. The summed E-state index contributed by atoms with van der Waals surface area (Å²) in [7, 11) is 3.01. The summed E-state index contributed by atoms with van der Waals surface area (Å²) in [6.45, 7) is -0.423. The molecule has 2 aromatic carbocycles. The molecule has 0 aliphatic carbocycles. The molecule has 1 amide bonds. The van der Waals surface area contributed by atoms with Crippen LogP contribution in [0.5, 0.6) is 11.5 Å². The number of amides is 1. The van der Waals surface area contributed by atoms with Crippen molar-refractivity contribution in [2.75, 3.05) is 26.1 Å². The molecule has 0 aliphatic heterocycles. The van der Waals surface area contributed by atoms with Crippen molar-refractivity contribution in [3.05, 3.63) is 54.4 Å². The predicted octanol–water partition coefficient (Wildman–Crippen LogP) is 2.87. The number of hydrogen-bond acceptors (Lipinski definition) is 8. The highest BCUT2D eigenvalue weighted by Crippen LogP contribution is 2.28. The average Bonchev–Trinajstić information content (AvgIpc) is 3.26. The van der Waals surface area contributed by atoms with Gasteiger partial charge >= 0.3 is 5.97 Å². The van der Waals surface area contributed by atoms with Gasteiger partial charge in [-0.2, -0.15) is 4.98 Å². The van der Waals surface area contributed by atoms with Gasteiger partial charge in [0.1, 0.15) is 11.5 Å². The maximum Gasteiger partial charge on any atom is 0.306 e. The zero-order chi connectivity index (χ0) is 21.3. The fourth-order valence-corrected chi connectivity index (χ4v) is 2.58. The predicted molar refractivity (Wildman–Crippen MR) is 107 cm³/mol. The second kappa shape index (κ2) is 10.1. The smallest absolute Gasteiger partial charge is 0.306 e. The SMILES string of the molecule is COc1ccc(NC(=O)COC(=O)CCc2nc(-c3ccccc3)no2)c(OC)c1. The molecule has 30 heavy (non-hydrogen) atoms. The van der Waals surface area contributed by atoms with Crippen molar-refractivity contribution < 1.29 is 28.3 Å². The Bertz CT molecular complexity index is 1000. The summed E-state index contributed by atoms with van der Waals surface area (Å²) >= 11 is 0. The minimum atomic E-state index is -0.550. The van der Waals surface area contributed by atoms with Crippen LogP contribution in [0.25, 0.3) is 11.4 Å². The van der Waals surface area contributed by atoms with E-state index in [-0.39, 0.29) is 12.8 Å². The number of carbonyl (C=O) groups excluding carboxylic acids is 2. The molecule has 0 fully saturated rings. The molecule has 0 radical (unpaired) electrons. The highest BCUT2D eigenvalue weighted by molar-refractivity contribution is 5.94. The normalized spacial score (nSPS) is 10.3. The van der Waals surface area contributed by atoms with Crippen LogP contribution >= 0.6 is 0 Å². The summed E-state index contributed by atoms with van der Waals surface area (Å²) in [6, 6.07) is 14.3. The maximum atomic E-state index is 12.1. The molecule has 0 saturated heterocycles. The second-order valence-electron chi connectivity index (χ2n) is 6.15. The van der Waals surface area contributed by atoms with Gasteiger partial charge in [0.05, 0.1) is 26.3 Å². The molecule has 3 rings (SSSR count). The topological polar surface area (TPSA) is 113 Å². The van der Waals surface area contributed by atoms with Gasteiger partial charge in [0.15, 0.2) is 6.61 Å². The number of nitrogens with zero attached hydrogens (tertiary/aromatic N) is 2. The molecule has 1 aromatic heterocycles. The first-order valence-corrected chi connectivity index (χ1v) is 9.14. The molecule has 156 valence electrons. The summed E-state index contributed by atoms with van der Waals surface area (Å²) < 4.78 is 20.5. The van der Waals surface area contributed by atoms with Crippen LogP contribution in [-0.2, 0) is 20.7 Å². The highest BCUT2D eigenvalue weighted by atomic mass is 16.5. The number of ether oxygens (including phenoxy) is 3. The number of anilines is 1. The Morgan fingerprint density at radius 3 is 2.60 bits per heavy atom. The zero-order valence-electron chi connectivity index (χ0n) is 16.6. The fourth-order valence-electron chi connectivity index (χ4n) is 2.58. The van der Waals surface area contributed by atoms with E-state index in [2.05, 4.69) is 15.5 Å². The Hall–Kier alpha value is -3.88. The summed E-state index contributed by atoms with van der Waals surface area (Å²) in [5.74, 6) is 0.750. The standard InChI is InChI=1S/C21H21N3O6/c1-27-15-8-9-16(17(12-15)28-2)22-18(25)13-29-20(26)11-10-19-23-21(24-30-19)14-6-4-3-5-7-14/h3-9,12H,10-11,13H2,1-2H3,(H,22,25). The minimum Gasteiger partial charge on any atom is -0.497 e. The van der Waals surface area contributed by atoms with Gasteiger partial charge in [-0.15, -0.1) is 0 Å². The van der Waals surface area contributed by atoms with E-state index in [0.717, 1.165) is 5.56 Å². The van der Waals surface area contributed by atoms with Gasteiger partial charge in [0, 0.05) is 18.1 Å². The van der Waals surface area contributed by atoms with Crippen molar-refractivity contribution in [1.82, 2.24) is 10.1 Å². The van der Waals surface area contributed by atoms with Crippen molar-refractivity contribution in [2.45, 2.75) is 12.8 Å². The first-order valence-electron chi connectivity index (χ1n) is 9.14. The van der Waals surface area contributed by atoms with E-state index in [1.165, 1.54) is 14.2 Å². The number of aryl methyl sites for hydroxylation is 1. The van der Waals surface area contributed by atoms with E-state index < -0.39 is 18.5 Å². The third kappa shape index (κ3) is 5.57. The first-order chi connectivity index (χ1) is 14.6. The lowest BCUT2D eigenvalue weighted by atomic mass is 10.2. The molecule has 9 nitrogen and oxygen atoms in total. The van der Waals surface area contributed by atoms with Crippen LogP contribution in [0.4, 0.5) is 5.69 Å². The third-order valence-corrected chi connectivity index (χ3v) is 4.09. The first kappa shape index (κ1) is 20.8. The van der Waals surface area contributed by atoms with Gasteiger partial charge in [-0.1, -0.05) is 35.5 Å². The van der Waals surface area contributed by atoms with Crippen LogP contribution in [0.3, 0.4) is 0 Å². The summed E-state index contributed by atoms with van der Waals surface area (Å²) in [6.07, 6.45) is 0.224. The maximum absolute atomic E-state index is 12.1. The van der Waals surface area contributed by atoms with Crippen molar-refractivity contribution in [1.29, 1.82) is 0 Å². The number of rotatable bonds is 9.